The number of carboxylic acid groups (broad SMARTS) is 1. The Balaban J connectivity index is 1.84. The van der Waals surface area contributed by atoms with Crippen LogP contribution in [0.1, 0.15) is 60.9 Å². The first-order valence-corrected chi connectivity index (χ1v) is 12.5. The van der Waals surface area contributed by atoms with Gasteiger partial charge in [-0.2, -0.15) is 0 Å². The van der Waals surface area contributed by atoms with Gasteiger partial charge in [0.05, 0.1) is 10.7 Å². The Hall–Kier alpha value is -2.78. The van der Waals surface area contributed by atoms with Crippen molar-refractivity contribution in [3.05, 3.63) is 55.2 Å². The lowest BCUT2D eigenvalue weighted by Crippen LogP contribution is -2.55. The fourth-order valence-corrected chi connectivity index (χ4v) is 5.30. The lowest BCUT2D eigenvalue weighted by molar-refractivity contribution is 0.0528. The molecule has 0 aliphatic carbocycles. The highest BCUT2D eigenvalue weighted by molar-refractivity contribution is 6.37. The second kappa shape index (κ2) is 10.7. The van der Waals surface area contributed by atoms with Crippen molar-refractivity contribution in [2.75, 3.05) is 18.5 Å². The van der Waals surface area contributed by atoms with Crippen LogP contribution in [0.15, 0.2) is 16.9 Å². The highest BCUT2D eigenvalue weighted by atomic mass is 35.5. The highest BCUT2D eigenvalue weighted by Crippen LogP contribution is 2.37. The first kappa shape index (κ1) is 27.8. The maximum atomic E-state index is 13.0. The largest absolute Gasteiger partial charge is 0.465 e. The van der Waals surface area contributed by atoms with E-state index in [1.165, 1.54) is 4.90 Å². The van der Waals surface area contributed by atoms with Crippen LogP contribution in [-0.4, -0.2) is 57.7 Å². The van der Waals surface area contributed by atoms with Crippen LogP contribution in [0.4, 0.5) is 10.5 Å². The number of halogens is 2. The van der Waals surface area contributed by atoms with Gasteiger partial charge in [-0.05, 0) is 43.7 Å². The van der Waals surface area contributed by atoms with Crippen molar-refractivity contribution in [1.29, 1.82) is 0 Å². The van der Waals surface area contributed by atoms with Gasteiger partial charge in [0.2, 0.25) is 0 Å². The number of nitrogens with zero attached hydrogens (tertiary/aromatic N) is 3. The standard InChI is InChI=1S/C25H33Cl2N5O4/c1-13-9-14(2)29-22(33)16(13)12-28-23(34)21-20(27)17(11-19(26)30-21)31(6)15-7-8-32(24(35)36)18(10-15)25(3,4)5/h9,11,15,18H,7-8,10,12H2,1-6H3,(H,28,34)(H,29,33)(H,35,36). The number of nitrogens with one attached hydrogen (secondary N) is 2. The summed E-state index contributed by atoms with van der Waals surface area (Å²) in [6, 6.07) is 3.23. The summed E-state index contributed by atoms with van der Waals surface area (Å²) in [7, 11) is 1.86. The number of pyridine rings is 2. The number of carbonyl (C=O) groups excluding carboxylic acids is 1. The van der Waals surface area contributed by atoms with Crippen LogP contribution in [0.5, 0.6) is 0 Å². The molecule has 0 aromatic carbocycles. The third kappa shape index (κ3) is 5.95. The molecule has 2 atom stereocenters. The molecule has 2 aromatic rings. The van der Waals surface area contributed by atoms with Crippen LogP contribution in [0, 0.1) is 19.3 Å². The van der Waals surface area contributed by atoms with Crippen molar-refractivity contribution in [3.8, 4) is 0 Å². The second-order valence-electron chi connectivity index (χ2n) is 10.4. The molecule has 1 aliphatic rings. The van der Waals surface area contributed by atoms with Gasteiger partial charge in [-0.25, -0.2) is 9.78 Å². The lowest BCUT2D eigenvalue weighted by atomic mass is 9.79. The third-order valence-corrected chi connectivity index (χ3v) is 7.36. The zero-order valence-electron chi connectivity index (χ0n) is 21.4. The van der Waals surface area contributed by atoms with Gasteiger partial charge in [0, 0.05) is 49.5 Å². The van der Waals surface area contributed by atoms with Crippen molar-refractivity contribution in [2.24, 2.45) is 5.41 Å². The van der Waals surface area contributed by atoms with E-state index < -0.39 is 12.0 Å². The van der Waals surface area contributed by atoms with Gasteiger partial charge in [0.15, 0.2) is 5.69 Å². The average molecular weight is 538 g/mol. The monoisotopic (exact) mass is 537 g/mol. The molecule has 0 saturated carbocycles. The molecule has 2 unspecified atom stereocenters. The topological polar surface area (TPSA) is 119 Å². The molecule has 1 saturated heterocycles. The summed E-state index contributed by atoms with van der Waals surface area (Å²) >= 11 is 12.9. The predicted octanol–water partition coefficient (Wildman–Crippen LogP) is 4.62. The summed E-state index contributed by atoms with van der Waals surface area (Å²) in [5.74, 6) is -0.551. The van der Waals surface area contributed by atoms with Crippen molar-refractivity contribution in [2.45, 2.75) is 66.1 Å². The van der Waals surface area contributed by atoms with E-state index in [-0.39, 0.29) is 45.5 Å². The Bertz CT molecular complexity index is 1220. The molecule has 3 heterocycles. The quantitative estimate of drug-likeness (QED) is 0.479. The van der Waals surface area contributed by atoms with Gasteiger partial charge in [-0.15, -0.1) is 0 Å². The van der Waals surface area contributed by atoms with E-state index in [9.17, 15) is 19.5 Å². The molecule has 11 heteroatoms. The summed E-state index contributed by atoms with van der Waals surface area (Å²) in [6.07, 6.45) is 0.269. The van der Waals surface area contributed by atoms with Gasteiger partial charge in [-0.3, -0.25) is 9.59 Å². The van der Waals surface area contributed by atoms with Gasteiger partial charge in [0.25, 0.3) is 11.5 Å². The van der Waals surface area contributed by atoms with Gasteiger partial charge in [0.1, 0.15) is 5.15 Å². The number of carbonyl (C=O) groups is 2. The molecule has 0 bridgehead atoms. The number of hydrogen-bond acceptors (Lipinski definition) is 5. The number of piperidine rings is 1. The first-order valence-electron chi connectivity index (χ1n) is 11.8. The minimum absolute atomic E-state index is 0.0108. The summed E-state index contributed by atoms with van der Waals surface area (Å²) in [4.78, 5) is 47.4. The Morgan fingerprint density at radius 2 is 1.94 bits per heavy atom. The van der Waals surface area contributed by atoms with Crippen molar-refractivity contribution >= 4 is 40.9 Å². The minimum atomic E-state index is -0.928. The van der Waals surface area contributed by atoms with Gasteiger partial charge < -0.3 is 25.2 Å². The number of anilines is 1. The van der Waals surface area contributed by atoms with Crippen molar-refractivity contribution < 1.29 is 14.7 Å². The number of rotatable bonds is 5. The zero-order valence-corrected chi connectivity index (χ0v) is 22.9. The van der Waals surface area contributed by atoms with Gasteiger partial charge >= 0.3 is 6.09 Å². The smallest absolute Gasteiger partial charge is 0.407 e. The van der Waals surface area contributed by atoms with E-state index in [0.717, 1.165) is 11.3 Å². The molecular weight excluding hydrogens is 505 g/mol. The lowest BCUT2D eigenvalue weighted by Gasteiger charge is -2.47. The van der Waals surface area contributed by atoms with E-state index in [1.54, 1.807) is 13.0 Å². The summed E-state index contributed by atoms with van der Waals surface area (Å²) in [5.41, 5.74) is 1.93. The summed E-state index contributed by atoms with van der Waals surface area (Å²) in [6.45, 7) is 10.1. The molecule has 3 N–H and O–H groups in total. The molecular formula is C25H33Cl2N5O4. The molecule has 36 heavy (non-hydrogen) atoms. The molecule has 9 nitrogen and oxygen atoms in total. The number of aromatic nitrogens is 2. The number of aromatic amines is 1. The number of hydrogen-bond donors (Lipinski definition) is 3. The van der Waals surface area contributed by atoms with Gasteiger partial charge in [-0.1, -0.05) is 44.0 Å². The average Bonchev–Trinajstić information content (AvgIpc) is 2.77. The first-order chi connectivity index (χ1) is 16.7. The van der Waals surface area contributed by atoms with E-state index in [1.807, 2.05) is 45.7 Å². The number of amides is 2. The van der Waals surface area contributed by atoms with E-state index in [4.69, 9.17) is 23.2 Å². The Morgan fingerprint density at radius 1 is 1.28 bits per heavy atom. The van der Waals surface area contributed by atoms with Crippen molar-refractivity contribution in [3.63, 3.8) is 0 Å². The molecule has 2 aromatic heterocycles. The summed E-state index contributed by atoms with van der Waals surface area (Å²) < 4.78 is 0. The highest BCUT2D eigenvalue weighted by Gasteiger charge is 2.40. The molecule has 1 aliphatic heterocycles. The molecule has 196 valence electrons. The third-order valence-electron chi connectivity index (χ3n) is 6.79. The molecule has 0 spiro atoms. The second-order valence-corrected chi connectivity index (χ2v) is 11.2. The van der Waals surface area contributed by atoms with Crippen molar-refractivity contribution in [1.82, 2.24) is 20.2 Å². The van der Waals surface area contributed by atoms with E-state index >= 15 is 0 Å². The maximum Gasteiger partial charge on any atom is 0.407 e. The molecule has 3 rings (SSSR count). The SMILES string of the molecule is Cc1cc(C)c(CNC(=O)c2nc(Cl)cc(N(C)C3CCN(C(=O)O)C(C(C)(C)C)C3)c2Cl)c(=O)[nH]1. The van der Waals surface area contributed by atoms with Crippen LogP contribution >= 0.6 is 23.2 Å². The van der Waals surface area contributed by atoms with Crippen LogP contribution < -0.4 is 15.8 Å². The fraction of sp³-hybridized carbons (Fsp3) is 0.520. The Kier molecular flexibility index (Phi) is 8.25. The maximum absolute atomic E-state index is 13.0. The molecule has 0 radical (unpaired) electrons. The van der Waals surface area contributed by atoms with E-state index in [0.29, 0.717) is 30.6 Å². The molecule has 1 fully saturated rings. The van der Waals surface area contributed by atoms with E-state index in [2.05, 4.69) is 15.3 Å². The number of aryl methyl sites for hydroxylation is 2. The number of H-pyrrole nitrogens is 1. The van der Waals surface area contributed by atoms with Crippen LogP contribution in [0.2, 0.25) is 10.2 Å². The molecule has 2 amide bonds. The van der Waals surface area contributed by atoms with Crippen LogP contribution in [0.25, 0.3) is 0 Å². The van der Waals surface area contributed by atoms with Crippen LogP contribution in [0.3, 0.4) is 0 Å². The fourth-order valence-electron chi connectivity index (χ4n) is 4.79. The summed E-state index contributed by atoms with van der Waals surface area (Å²) in [5, 5.41) is 12.6. The Morgan fingerprint density at radius 3 is 2.53 bits per heavy atom. The van der Waals surface area contributed by atoms with Crippen LogP contribution in [-0.2, 0) is 6.54 Å². The zero-order chi connectivity index (χ0) is 26.9. The Labute approximate surface area is 220 Å². The normalized spacial score (nSPS) is 18.2. The number of likely N-dealkylation sites (tertiary alicyclic amines) is 1. The minimum Gasteiger partial charge on any atom is -0.465 e. The predicted molar refractivity (Wildman–Crippen MR) is 141 cm³/mol.